The molecule has 0 aliphatic carbocycles. The first-order valence-electron chi connectivity index (χ1n) is 7.00. The summed E-state index contributed by atoms with van der Waals surface area (Å²) in [5, 5.41) is 11.9. The highest BCUT2D eigenvalue weighted by Gasteiger charge is 2.42. The minimum atomic E-state index is -4.67. The van der Waals surface area contributed by atoms with Gasteiger partial charge in [-0.2, -0.15) is 13.2 Å². The van der Waals surface area contributed by atoms with Gasteiger partial charge in [0, 0.05) is 17.2 Å². The summed E-state index contributed by atoms with van der Waals surface area (Å²) in [5.74, 6) is -1.39. The largest absolute Gasteiger partial charge is 0.414 e. The molecule has 0 fully saturated rings. The van der Waals surface area contributed by atoms with Crippen molar-refractivity contribution in [3.63, 3.8) is 0 Å². The lowest BCUT2D eigenvalue weighted by Gasteiger charge is -2.21. The van der Waals surface area contributed by atoms with Gasteiger partial charge >= 0.3 is 6.18 Å². The van der Waals surface area contributed by atoms with Crippen LogP contribution in [0.25, 0.3) is 0 Å². The molecule has 0 radical (unpaired) electrons. The van der Waals surface area contributed by atoms with Crippen LogP contribution in [0.2, 0.25) is 0 Å². The maximum Gasteiger partial charge on any atom is 0.414 e. The van der Waals surface area contributed by atoms with E-state index in [0.29, 0.717) is 16.8 Å². The summed E-state index contributed by atoms with van der Waals surface area (Å²) in [7, 11) is 0. The normalized spacial score (nSPS) is 14.1. The number of aliphatic hydroxyl groups excluding tert-OH is 1. The number of benzene rings is 2. The average molecular weight is 323 g/mol. The number of halogens is 3. The number of amides is 1. The number of hydrogen-bond donors (Lipinski definition) is 2. The zero-order valence-electron chi connectivity index (χ0n) is 12.3. The highest BCUT2D eigenvalue weighted by atomic mass is 19.4. The fourth-order valence-electron chi connectivity index (χ4n) is 2.13. The number of nitrogens with one attached hydrogen (secondary N) is 1. The van der Waals surface area contributed by atoms with Crippen molar-refractivity contribution >= 4 is 11.6 Å². The summed E-state index contributed by atoms with van der Waals surface area (Å²) in [6, 6.07) is 14.5. The number of anilines is 1. The summed E-state index contributed by atoms with van der Waals surface area (Å²) < 4.78 is 37.6. The van der Waals surface area contributed by atoms with E-state index < -0.39 is 18.2 Å². The molecule has 0 bridgehead atoms. The molecule has 3 nitrogen and oxygen atoms in total. The number of carbonyl (C=O) groups is 1. The molecule has 0 aliphatic heterocycles. The molecular weight excluding hydrogens is 307 g/mol. The molecule has 2 atom stereocenters. The lowest BCUT2D eigenvalue weighted by molar-refractivity contribution is -0.209. The summed E-state index contributed by atoms with van der Waals surface area (Å²) in [6.45, 7) is 1.30. The van der Waals surface area contributed by atoms with E-state index in [9.17, 15) is 23.1 Å². The Bertz CT molecular complexity index is 654. The van der Waals surface area contributed by atoms with E-state index in [2.05, 4.69) is 5.32 Å². The van der Waals surface area contributed by atoms with Crippen LogP contribution < -0.4 is 5.32 Å². The summed E-state index contributed by atoms with van der Waals surface area (Å²) in [4.78, 5) is 12.0. The molecule has 0 aliphatic rings. The third-order valence-corrected chi connectivity index (χ3v) is 3.54. The van der Waals surface area contributed by atoms with Gasteiger partial charge in [0.05, 0.1) is 0 Å². The lowest BCUT2D eigenvalue weighted by atomic mass is 9.95. The first-order valence-corrected chi connectivity index (χ1v) is 7.00. The molecule has 0 heterocycles. The molecule has 23 heavy (non-hydrogen) atoms. The quantitative estimate of drug-likeness (QED) is 0.894. The molecule has 0 saturated heterocycles. The maximum absolute atomic E-state index is 12.5. The van der Waals surface area contributed by atoms with Crippen LogP contribution in [-0.2, 0) is 0 Å². The van der Waals surface area contributed by atoms with Crippen molar-refractivity contribution in [2.45, 2.75) is 25.1 Å². The Morgan fingerprint density at radius 1 is 1.04 bits per heavy atom. The second kappa shape index (κ2) is 6.83. The summed E-state index contributed by atoms with van der Waals surface area (Å²) >= 11 is 0. The van der Waals surface area contributed by atoms with Gasteiger partial charge in [0.2, 0.25) is 0 Å². The molecule has 0 saturated carbocycles. The van der Waals surface area contributed by atoms with Crippen molar-refractivity contribution in [2.75, 3.05) is 5.32 Å². The highest BCUT2D eigenvalue weighted by Crippen LogP contribution is 2.31. The van der Waals surface area contributed by atoms with Gasteiger partial charge in [-0.05, 0) is 29.8 Å². The molecule has 1 amide bonds. The van der Waals surface area contributed by atoms with Gasteiger partial charge in [0.15, 0.2) is 6.10 Å². The Kier molecular flexibility index (Phi) is 5.05. The average Bonchev–Trinajstić information content (AvgIpc) is 2.54. The Labute approximate surface area is 131 Å². The molecule has 0 aromatic heterocycles. The van der Waals surface area contributed by atoms with Crippen molar-refractivity contribution in [3.8, 4) is 0 Å². The number of rotatable bonds is 4. The van der Waals surface area contributed by atoms with Crippen LogP contribution in [0.4, 0.5) is 18.9 Å². The van der Waals surface area contributed by atoms with Crippen LogP contribution in [0.3, 0.4) is 0 Å². The van der Waals surface area contributed by atoms with Crippen molar-refractivity contribution in [1.29, 1.82) is 0 Å². The molecule has 122 valence electrons. The number of aliphatic hydroxyl groups is 1. The molecule has 2 unspecified atom stereocenters. The third kappa shape index (κ3) is 4.32. The number of alkyl halides is 3. The Morgan fingerprint density at radius 2 is 1.61 bits per heavy atom. The van der Waals surface area contributed by atoms with Crippen LogP contribution in [0.5, 0.6) is 0 Å². The second-order valence-corrected chi connectivity index (χ2v) is 5.22. The summed E-state index contributed by atoms with van der Waals surface area (Å²) in [6.07, 6.45) is -7.09. The fourth-order valence-corrected chi connectivity index (χ4v) is 2.13. The van der Waals surface area contributed by atoms with E-state index in [1.807, 2.05) is 0 Å². The van der Waals surface area contributed by atoms with E-state index in [0.717, 1.165) is 0 Å². The first-order chi connectivity index (χ1) is 10.8. The Morgan fingerprint density at radius 3 is 2.13 bits per heavy atom. The van der Waals surface area contributed by atoms with E-state index in [4.69, 9.17) is 0 Å². The minimum absolute atomic E-state index is 0.304. The van der Waals surface area contributed by atoms with Crippen LogP contribution in [0.15, 0.2) is 54.6 Å². The first kappa shape index (κ1) is 17.0. The van der Waals surface area contributed by atoms with Gasteiger partial charge in [-0.15, -0.1) is 0 Å². The van der Waals surface area contributed by atoms with Crippen LogP contribution in [0, 0.1) is 0 Å². The van der Waals surface area contributed by atoms with Gasteiger partial charge in [-0.1, -0.05) is 37.3 Å². The van der Waals surface area contributed by atoms with E-state index in [-0.39, 0.29) is 5.91 Å². The van der Waals surface area contributed by atoms with Crippen LogP contribution >= 0.6 is 0 Å². The van der Waals surface area contributed by atoms with Crippen LogP contribution in [-0.4, -0.2) is 23.3 Å². The second-order valence-electron chi connectivity index (χ2n) is 5.22. The lowest BCUT2D eigenvalue weighted by Crippen LogP contribution is -2.33. The maximum atomic E-state index is 12.5. The van der Waals surface area contributed by atoms with Gasteiger partial charge in [0.1, 0.15) is 0 Å². The van der Waals surface area contributed by atoms with Gasteiger partial charge < -0.3 is 10.4 Å². The molecule has 0 spiro atoms. The number of carbonyl (C=O) groups excluding carboxylic acids is 1. The zero-order valence-corrected chi connectivity index (χ0v) is 12.3. The number of hydrogen-bond acceptors (Lipinski definition) is 2. The molecule has 2 rings (SSSR count). The van der Waals surface area contributed by atoms with E-state index in [1.165, 1.54) is 31.2 Å². The van der Waals surface area contributed by atoms with Crippen LogP contribution in [0.1, 0.15) is 28.8 Å². The molecule has 2 aromatic carbocycles. The van der Waals surface area contributed by atoms with E-state index >= 15 is 0 Å². The smallest absolute Gasteiger partial charge is 0.383 e. The summed E-state index contributed by atoms with van der Waals surface area (Å²) in [5.41, 5.74) is 1.29. The van der Waals surface area contributed by atoms with E-state index in [1.54, 1.807) is 30.3 Å². The minimum Gasteiger partial charge on any atom is -0.383 e. The van der Waals surface area contributed by atoms with Gasteiger partial charge in [-0.25, -0.2) is 0 Å². The molecule has 2 aromatic rings. The zero-order chi connectivity index (χ0) is 17.0. The fraction of sp³-hybridized carbons (Fsp3) is 0.235. The molecular formula is C17H16F3NO2. The van der Waals surface area contributed by atoms with Gasteiger partial charge in [-0.3, -0.25) is 4.79 Å². The predicted molar refractivity (Wildman–Crippen MR) is 81.3 cm³/mol. The van der Waals surface area contributed by atoms with Crippen molar-refractivity contribution in [2.24, 2.45) is 0 Å². The van der Waals surface area contributed by atoms with Crippen molar-refractivity contribution < 1.29 is 23.1 Å². The standard InChI is InChI=1S/C17H16F3NO2/c1-11(15(22)17(18,19)20)12-7-9-14(10-8-12)21-16(23)13-5-3-2-4-6-13/h2-11,15,22H,1H3,(H,21,23). The monoisotopic (exact) mass is 323 g/mol. The van der Waals surface area contributed by atoms with Crippen molar-refractivity contribution in [1.82, 2.24) is 0 Å². The van der Waals surface area contributed by atoms with Gasteiger partial charge in [0.25, 0.3) is 5.91 Å². The third-order valence-electron chi connectivity index (χ3n) is 3.54. The van der Waals surface area contributed by atoms with Crippen molar-refractivity contribution in [3.05, 3.63) is 65.7 Å². The SMILES string of the molecule is CC(c1ccc(NC(=O)c2ccccc2)cc1)C(O)C(F)(F)F. The Balaban J connectivity index is 2.06. The highest BCUT2D eigenvalue weighted by molar-refractivity contribution is 6.04. The molecule has 2 N–H and O–H groups in total. The predicted octanol–water partition coefficient (Wildman–Crippen LogP) is 3.97. The Hall–Kier alpha value is -2.34. The topological polar surface area (TPSA) is 49.3 Å². The molecule has 6 heteroatoms.